The second-order valence-corrected chi connectivity index (χ2v) is 8.07. The Morgan fingerprint density at radius 1 is 0.879 bits per heavy atom. The van der Waals surface area contributed by atoms with E-state index < -0.39 is 5.60 Å². The Kier molecular flexibility index (Phi) is 8.75. The van der Waals surface area contributed by atoms with E-state index in [1.807, 2.05) is 66.7 Å². The molecule has 0 radical (unpaired) electrons. The van der Waals surface area contributed by atoms with Gasteiger partial charge in [-0.1, -0.05) is 60.7 Å². The topological polar surface area (TPSA) is 51.2 Å². The number of benzene rings is 3. The fourth-order valence-corrected chi connectivity index (χ4v) is 4.56. The van der Waals surface area contributed by atoms with E-state index in [0.29, 0.717) is 25.5 Å². The summed E-state index contributed by atoms with van der Waals surface area (Å²) in [6.07, 6.45) is 0. The molecule has 1 heterocycles. The zero-order valence-electron chi connectivity index (χ0n) is 19.1. The van der Waals surface area contributed by atoms with E-state index in [1.54, 1.807) is 14.2 Å². The molecule has 176 valence electrons. The molecule has 1 aliphatic heterocycles. The van der Waals surface area contributed by atoms with Crippen LogP contribution < -0.4 is 9.47 Å². The lowest BCUT2D eigenvalue weighted by Gasteiger charge is -2.41. The highest BCUT2D eigenvalue weighted by atomic mass is 35.5. The van der Waals surface area contributed by atoms with Crippen molar-refractivity contribution >= 4 is 12.4 Å². The maximum atomic E-state index is 12.7. The van der Waals surface area contributed by atoms with E-state index >= 15 is 0 Å². The van der Waals surface area contributed by atoms with Gasteiger partial charge in [0, 0.05) is 31.1 Å². The summed E-state index contributed by atoms with van der Waals surface area (Å²) in [5, 5.41) is 12.7. The van der Waals surface area contributed by atoms with Crippen molar-refractivity contribution in [1.29, 1.82) is 0 Å². The van der Waals surface area contributed by atoms with Crippen molar-refractivity contribution in [2.24, 2.45) is 0 Å². The van der Waals surface area contributed by atoms with Gasteiger partial charge in [-0.2, -0.15) is 0 Å². The average molecular weight is 470 g/mol. The number of para-hydroxylation sites is 1. The molecule has 3 aromatic carbocycles. The van der Waals surface area contributed by atoms with E-state index in [2.05, 4.69) is 17.0 Å². The van der Waals surface area contributed by atoms with E-state index in [4.69, 9.17) is 14.2 Å². The molecule has 1 fully saturated rings. The van der Waals surface area contributed by atoms with E-state index in [1.165, 1.54) is 0 Å². The van der Waals surface area contributed by atoms with Crippen LogP contribution in [0.1, 0.15) is 22.6 Å². The summed E-state index contributed by atoms with van der Waals surface area (Å²) in [6.45, 7) is 3.78. The van der Waals surface area contributed by atoms with Gasteiger partial charge in [0.05, 0.1) is 27.4 Å². The SMILES string of the molecule is COc1ccc(C(O)(c2ccccc2OC)C(CN2CCOCC2)c2ccccc2)cc1.Cl. The van der Waals surface area contributed by atoms with Gasteiger partial charge in [0.15, 0.2) is 0 Å². The fraction of sp³-hybridized carbons (Fsp3) is 0.333. The van der Waals surface area contributed by atoms with Gasteiger partial charge < -0.3 is 19.3 Å². The largest absolute Gasteiger partial charge is 0.497 e. The van der Waals surface area contributed by atoms with Crippen LogP contribution in [0.25, 0.3) is 0 Å². The zero-order valence-corrected chi connectivity index (χ0v) is 20.0. The molecule has 0 saturated carbocycles. The maximum absolute atomic E-state index is 12.7. The van der Waals surface area contributed by atoms with Crippen LogP contribution in [0.5, 0.6) is 11.5 Å². The molecule has 0 spiro atoms. The van der Waals surface area contributed by atoms with Crippen LogP contribution in [0, 0.1) is 0 Å². The smallest absolute Gasteiger partial charge is 0.126 e. The highest BCUT2D eigenvalue weighted by molar-refractivity contribution is 5.85. The number of ether oxygens (including phenoxy) is 3. The fourth-order valence-electron chi connectivity index (χ4n) is 4.56. The molecule has 1 N–H and O–H groups in total. The first-order chi connectivity index (χ1) is 15.7. The lowest BCUT2D eigenvalue weighted by Crippen LogP contribution is -2.45. The quantitative estimate of drug-likeness (QED) is 0.527. The molecule has 0 aliphatic carbocycles. The van der Waals surface area contributed by atoms with Gasteiger partial charge in [-0.25, -0.2) is 0 Å². The molecule has 4 rings (SSSR count). The molecule has 1 saturated heterocycles. The second-order valence-electron chi connectivity index (χ2n) is 8.07. The summed E-state index contributed by atoms with van der Waals surface area (Å²) in [5.74, 6) is 1.18. The minimum absolute atomic E-state index is 0. The molecule has 5 nitrogen and oxygen atoms in total. The first-order valence-corrected chi connectivity index (χ1v) is 11.0. The van der Waals surface area contributed by atoms with Crippen molar-refractivity contribution in [1.82, 2.24) is 4.90 Å². The van der Waals surface area contributed by atoms with Gasteiger partial charge in [-0.05, 0) is 29.3 Å². The number of nitrogens with zero attached hydrogens (tertiary/aromatic N) is 1. The van der Waals surface area contributed by atoms with Crippen molar-refractivity contribution in [3.05, 3.63) is 95.6 Å². The first kappa shape index (κ1) is 25.1. The summed E-state index contributed by atoms with van der Waals surface area (Å²) in [7, 11) is 3.29. The molecular formula is C27H32ClNO4. The van der Waals surface area contributed by atoms with Crippen LogP contribution >= 0.6 is 12.4 Å². The lowest BCUT2D eigenvalue weighted by atomic mass is 9.72. The van der Waals surface area contributed by atoms with Gasteiger partial charge >= 0.3 is 0 Å². The van der Waals surface area contributed by atoms with Gasteiger partial charge in [0.25, 0.3) is 0 Å². The Morgan fingerprint density at radius 3 is 2.15 bits per heavy atom. The number of hydrogen-bond donors (Lipinski definition) is 1. The van der Waals surface area contributed by atoms with Crippen LogP contribution in [-0.4, -0.2) is 57.1 Å². The van der Waals surface area contributed by atoms with Crippen molar-refractivity contribution < 1.29 is 19.3 Å². The summed E-state index contributed by atoms with van der Waals surface area (Å²) >= 11 is 0. The molecule has 0 aromatic heterocycles. The summed E-state index contributed by atoms with van der Waals surface area (Å²) in [4.78, 5) is 2.37. The van der Waals surface area contributed by atoms with Crippen molar-refractivity contribution in [3.63, 3.8) is 0 Å². The maximum Gasteiger partial charge on any atom is 0.126 e. The van der Waals surface area contributed by atoms with E-state index in [-0.39, 0.29) is 18.3 Å². The molecule has 6 heteroatoms. The molecular weight excluding hydrogens is 438 g/mol. The third kappa shape index (κ3) is 5.33. The van der Waals surface area contributed by atoms with Gasteiger partial charge in [-0.15, -0.1) is 12.4 Å². The predicted molar refractivity (Wildman–Crippen MR) is 133 cm³/mol. The van der Waals surface area contributed by atoms with Crippen LogP contribution in [0.3, 0.4) is 0 Å². The average Bonchev–Trinajstić information content (AvgIpc) is 2.88. The summed E-state index contributed by atoms with van der Waals surface area (Å²) in [5.41, 5.74) is 1.29. The Hall–Kier alpha value is -2.57. The van der Waals surface area contributed by atoms with Crippen molar-refractivity contribution in [3.8, 4) is 11.5 Å². The number of hydrogen-bond acceptors (Lipinski definition) is 5. The van der Waals surface area contributed by atoms with Crippen LogP contribution in [0.2, 0.25) is 0 Å². The van der Waals surface area contributed by atoms with Gasteiger partial charge in [-0.3, -0.25) is 4.90 Å². The predicted octanol–water partition coefficient (Wildman–Crippen LogP) is 4.48. The molecule has 1 aliphatic rings. The standard InChI is InChI=1S/C27H31NO4.ClH/c1-30-23-14-12-22(13-15-23)27(29,24-10-6-7-11-26(24)31-2)25(21-8-4-3-5-9-21)20-28-16-18-32-19-17-28;/h3-15,25,29H,16-20H2,1-2H3;1H. The Morgan fingerprint density at radius 2 is 1.52 bits per heavy atom. The highest BCUT2D eigenvalue weighted by Gasteiger charge is 2.44. The monoisotopic (exact) mass is 469 g/mol. The lowest BCUT2D eigenvalue weighted by molar-refractivity contribution is -0.000149. The molecule has 2 unspecified atom stereocenters. The number of halogens is 1. The Balaban J connectivity index is 0.00000306. The molecule has 3 aromatic rings. The summed E-state index contributed by atoms with van der Waals surface area (Å²) in [6, 6.07) is 25.7. The van der Waals surface area contributed by atoms with Gasteiger partial charge in [0.2, 0.25) is 0 Å². The molecule has 33 heavy (non-hydrogen) atoms. The highest BCUT2D eigenvalue weighted by Crippen LogP contribution is 2.46. The first-order valence-electron chi connectivity index (χ1n) is 11.0. The number of methoxy groups -OCH3 is 2. The number of morpholine rings is 1. The van der Waals surface area contributed by atoms with Gasteiger partial charge in [0.1, 0.15) is 17.1 Å². The molecule has 2 atom stereocenters. The Bertz CT molecular complexity index is 993. The van der Waals surface area contributed by atoms with E-state index in [9.17, 15) is 5.11 Å². The third-order valence-electron chi connectivity index (χ3n) is 6.30. The Labute approximate surface area is 202 Å². The minimum atomic E-state index is -1.32. The van der Waals surface area contributed by atoms with Crippen LogP contribution in [0.4, 0.5) is 0 Å². The molecule has 0 bridgehead atoms. The normalized spacial score (nSPS) is 16.8. The third-order valence-corrected chi connectivity index (χ3v) is 6.30. The zero-order chi connectivity index (χ0) is 22.4. The van der Waals surface area contributed by atoms with Crippen LogP contribution in [-0.2, 0) is 10.3 Å². The minimum Gasteiger partial charge on any atom is -0.497 e. The van der Waals surface area contributed by atoms with Crippen LogP contribution in [0.15, 0.2) is 78.9 Å². The van der Waals surface area contributed by atoms with Crippen molar-refractivity contribution in [2.45, 2.75) is 11.5 Å². The van der Waals surface area contributed by atoms with Crippen molar-refractivity contribution in [2.75, 3.05) is 47.1 Å². The summed E-state index contributed by atoms with van der Waals surface area (Å²) < 4.78 is 16.7. The van der Waals surface area contributed by atoms with E-state index in [0.717, 1.165) is 35.5 Å². The number of rotatable bonds is 8. The second kappa shape index (κ2) is 11.5. The number of aliphatic hydroxyl groups is 1. The molecule has 0 amide bonds.